The Morgan fingerprint density at radius 3 is 2.50 bits per heavy atom. The molecule has 0 spiro atoms. The lowest BCUT2D eigenvalue weighted by atomic mass is 10.5. The third-order valence-corrected chi connectivity index (χ3v) is 2.60. The molecule has 0 atom stereocenters. The Bertz CT molecular complexity index is 417. The summed E-state index contributed by atoms with van der Waals surface area (Å²) in [6.07, 6.45) is -0.276. The molecule has 0 unspecified atom stereocenters. The number of carbonyl (C=O) groups is 2. The molecule has 0 fully saturated rings. The van der Waals surface area contributed by atoms with E-state index in [0.29, 0.717) is 0 Å². The van der Waals surface area contributed by atoms with Crippen molar-refractivity contribution < 1.29 is 14.7 Å². The molecule has 1 heterocycles. The predicted octanol–water partition coefficient (Wildman–Crippen LogP) is 1.47. The van der Waals surface area contributed by atoms with Gasteiger partial charge >= 0.3 is 5.97 Å². The number of halogens is 3. The van der Waals surface area contributed by atoms with Gasteiger partial charge < -0.3 is 5.11 Å². The molecule has 1 aromatic rings. The van der Waals surface area contributed by atoms with Crippen molar-refractivity contribution in [2.75, 3.05) is 5.32 Å². The second kappa shape index (κ2) is 5.13. The third-order valence-electron chi connectivity index (χ3n) is 1.25. The molecule has 16 heavy (non-hydrogen) atoms. The largest absolute Gasteiger partial charge is 0.481 e. The maximum absolute atomic E-state index is 11.2. The zero-order valence-electron chi connectivity index (χ0n) is 7.41. The van der Waals surface area contributed by atoms with Gasteiger partial charge in [-0.05, 0) is 0 Å². The van der Waals surface area contributed by atoms with E-state index in [4.69, 9.17) is 39.9 Å². The van der Waals surface area contributed by atoms with Gasteiger partial charge in [-0.3, -0.25) is 14.9 Å². The molecular formula is C6H4Cl3N3O3S. The zero-order valence-corrected chi connectivity index (χ0v) is 10.5. The van der Waals surface area contributed by atoms with Crippen molar-refractivity contribution in [2.45, 2.75) is 10.2 Å². The van der Waals surface area contributed by atoms with Crippen LogP contribution in [0.25, 0.3) is 0 Å². The molecule has 0 radical (unpaired) electrons. The Hall–Kier alpha value is -0.630. The number of aliphatic carboxylic acids is 1. The first-order chi connectivity index (χ1) is 7.29. The van der Waals surface area contributed by atoms with Crippen LogP contribution in [0.5, 0.6) is 0 Å². The highest BCUT2D eigenvalue weighted by atomic mass is 35.6. The van der Waals surface area contributed by atoms with Crippen LogP contribution in [0.2, 0.25) is 0 Å². The number of amides is 1. The van der Waals surface area contributed by atoms with E-state index in [-0.39, 0.29) is 16.6 Å². The highest BCUT2D eigenvalue weighted by molar-refractivity contribution is 7.15. The predicted molar refractivity (Wildman–Crippen MR) is 60.2 cm³/mol. The van der Waals surface area contributed by atoms with Crippen LogP contribution in [-0.2, 0) is 16.0 Å². The molecule has 88 valence electrons. The van der Waals surface area contributed by atoms with Gasteiger partial charge in [-0.2, -0.15) is 0 Å². The second-order valence-corrected chi connectivity index (χ2v) is 5.87. The Balaban J connectivity index is 2.66. The van der Waals surface area contributed by atoms with Crippen LogP contribution in [0.3, 0.4) is 0 Å². The fraction of sp³-hybridized carbons (Fsp3) is 0.333. The van der Waals surface area contributed by atoms with Crippen LogP contribution < -0.4 is 5.32 Å². The van der Waals surface area contributed by atoms with Crippen molar-refractivity contribution in [2.24, 2.45) is 0 Å². The van der Waals surface area contributed by atoms with Crippen LogP contribution in [-0.4, -0.2) is 31.0 Å². The molecule has 1 aromatic heterocycles. The molecule has 1 amide bonds. The second-order valence-electron chi connectivity index (χ2n) is 2.52. The summed E-state index contributed by atoms with van der Waals surface area (Å²) < 4.78 is -2.10. The van der Waals surface area contributed by atoms with E-state index in [9.17, 15) is 9.59 Å². The van der Waals surface area contributed by atoms with E-state index in [1.165, 1.54) is 0 Å². The molecule has 6 nitrogen and oxygen atoms in total. The highest BCUT2D eigenvalue weighted by Gasteiger charge is 2.31. The maximum Gasteiger partial charge on any atom is 0.310 e. The van der Waals surface area contributed by atoms with Gasteiger partial charge in [-0.1, -0.05) is 46.1 Å². The van der Waals surface area contributed by atoms with E-state index in [0.717, 1.165) is 11.3 Å². The van der Waals surface area contributed by atoms with E-state index in [1.807, 2.05) is 0 Å². The number of anilines is 1. The summed E-state index contributed by atoms with van der Waals surface area (Å²) in [5.74, 6) is -1.93. The lowest BCUT2D eigenvalue weighted by Gasteiger charge is -2.07. The smallest absolute Gasteiger partial charge is 0.310 e. The molecule has 0 aromatic carbocycles. The summed E-state index contributed by atoms with van der Waals surface area (Å²) in [4.78, 5) is 21.5. The van der Waals surface area contributed by atoms with Crippen LogP contribution in [0, 0.1) is 0 Å². The molecule has 1 rings (SSSR count). The van der Waals surface area contributed by atoms with Gasteiger partial charge in [0.05, 0.1) is 6.42 Å². The molecular weight excluding hydrogens is 301 g/mol. The van der Waals surface area contributed by atoms with Crippen LogP contribution >= 0.6 is 46.1 Å². The van der Waals surface area contributed by atoms with Gasteiger partial charge in [0.1, 0.15) is 5.01 Å². The van der Waals surface area contributed by atoms with Crippen molar-refractivity contribution in [3.05, 3.63) is 5.01 Å². The summed E-state index contributed by atoms with van der Waals surface area (Å²) in [5.41, 5.74) is 0. The van der Waals surface area contributed by atoms with Gasteiger partial charge in [-0.15, -0.1) is 10.2 Å². The average molecular weight is 305 g/mol. The number of hydrogen-bond acceptors (Lipinski definition) is 5. The molecule has 0 saturated carbocycles. The van der Waals surface area contributed by atoms with Crippen molar-refractivity contribution in [1.82, 2.24) is 10.2 Å². The summed E-state index contributed by atoms with van der Waals surface area (Å²) in [6.45, 7) is 0. The van der Waals surface area contributed by atoms with Crippen LogP contribution in [0.15, 0.2) is 0 Å². The third kappa shape index (κ3) is 4.09. The minimum absolute atomic E-state index is 0.0765. The molecule has 10 heteroatoms. The summed E-state index contributed by atoms with van der Waals surface area (Å²) in [5, 5.41) is 18.0. The number of nitrogens with zero attached hydrogens (tertiary/aromatic N) is 2. The van der Waals surface area contributed by atoms with Gasteiger partial charge in [0.15, 0.2) is 0 Å². The topological polar surface area (TPSA) is 92.2 Å². The van der Waals surface area contributed by atoms with Crippen molar-refractivity contribution in [3.8, 4) is 0 Å². The molecule has 0 bridgehead atoms. The van der Waals surface area contributed by atoms with Gasteiger partial charge in [0.25, 0.3) is 9.70 Å². The van der Waals surface area contributed by atoms with Crippen LogP contribution in [0.1, 0.15) is 5.01 Å². The Labute approximate surface area is 109 Å². The monoisotopic (exact) mass is 303 g/mol. The fourth-order valence-electron chi connectivity index (χ4n) is 0.673. The van der Waals surface area contributed by atoms with Gasteiger partial charge in [-0.25, -0.2) is 0 Å². The zero-order chi connectivity index (χ0) is 12.3. The Kier molecular flexibility index (Phi) is 4.31. The van der Waals surface area contributed by atoms with E-state index >= 15 is 0 Å². The Morgan fingerprint density at radius 2 is 2.00 bits per heavy atom. The number of nitrogens with one attached hydrogen (secondary N) is 1. The number of alkyl halides is 3. The summed E-state index contributed by atoms with van der Waals surface area (Å²) >= 11 is 16.8. The summed E-state index contributed by atoms with van der Waals surface area (Å²) in [7, 11) is 0. The number of hydrogen-bond donors (Lipinski definition) is 2. The molecule has 0 aliphatic rings. The van der Waals surface area contributed by atoms with Crippen molar-refractivity contribution in [3.63, 3.8) is 0 Å². The standard InChI is InChI=1S/C6H4Cl3N3O3S/c7-6(8,9)4(15)10-5-12-11-2(16-5)1-3(13)14/h1H2,(H,13,14)(H,10,12,15). The molecule has 0 aliphatic heterocycles. The minimum Gasteiger partial charge on any atom is -0.481 e. The Morgan fingerprint density at radius 1 is 1.38 bits per heavy atom. The fourth-order valence-corrected chi connectivity index (χ4v) is 1.54. The number of aromatic nitrogens is 2. The van der Waals surface area contributed by atoms with Gasteiger partial charge in [0, 0.05) is 0 Å². The van der Waals surface area contributed by atoms with Crippen molar-refractivity contribution in [1.29, 1.82) is 0 Å². The first-order valence-electron chi connectivity index (χ1n) is 3.71. The van der Waals surface area contributed by atoms with E-state index < -0.39 is 15.7 Å². The van der Waals surface area contributed by atoms with Crippen molar-refractivity contribution >= 4 is 63.1 Å². The maximum atomic E-state index is 11.2. The molecule has 0 saturated heterocycles. The number of carbonyl (C=O) groups excluding carboxylic acids is 1. The number of carboxylic acid groups (broad SMARTS) is 1. The number of rotatable bonds is 3. The summed E-state index contributed by atoms with van der Waals surface area (Å²) in [6, 6.07) is 0. The first-order valence-corrected chi connectivity index (χ1v) is 5.66. The van der Waals surface area contributed by atoms with E-state index in [2.05, 4.69) is 15.5 Å². The molecule has 0 aliphatic carbocycles. The normalized spacial score (nSPS) is 11.2. The average Bonchev–Trinajstić information content (AvgIpc) is 2.49. The highest BCUT2D eigenvalue weighted by Crippen LogP contribution is 2.28. The van der Waals surface area contributed by atoms with E-state index in [1.54, 1.807) is 0 Å². The lowest BCUT2D eigenvalue weighted by molar-refractivity contribution is -0.136. The number of carboxylic acids is 1. The lowest BCUT2D eigenvalue weighted by Crippen LogP contribution is -2.26. The first kappa shape index (κ1) is 13.4. The SMILES string of the molecule is O=C(O)Cc1nnc(NC(=O)C(Cl)(Cl)Cl)s1. The molecule has 2 N–H and O–H groups in total. The van der Waals surface area contributed by atoms with Crippen LogP contribution in [0.4, 0.5) is 5.13 Å². The minimum atomic E-state index is -2.10. The van der Waals surface area contributed by atoms with Gasteiger partial charge in [0.2, 0.25) is 5.13 Å². The quantitative estimate of drug-likeness (QED) is 0.825.